The highest BCUT2D eigenvalue weighted by molar-refractivity contribution is 6.39. The van der Waals surface area contributed by atoms with E-state index in [1.165, 1.54) is 11.8 Å². The number of rotatable bonds is 5. The number of carbonyl (C=O) groups excluding carboxylic acids is 2. The second-order valence-electron chi connectivity index (χ2n) is 5.99. The fraction of sp³-hybridized carbons (Fsp3) is 0.316. The summed E-state index contributed by atoms with van der Waals surface area (Å²) < 4.78 is 0. The van der Waals surface area contributed by atoms with Gasteiger partial charge in [0.1, 0.15) is 0 Å². The highest BCUT2D eigenvalue weighted by Gasteiger charge is 2.22. The molecule has 0 aliphatic carbocycles. The maximum Gasteiger partial charge on any atom is 0.313 e. The molecule has 1 atom stereocenters. The van der Waals surface area contributed by atoms with E-state index in [4.69, 9.17) is 0 Å². The molecule has 0 radical (unpaired) electrons. The van der Waals surface area contributed by atoms with Gasteiger partial charge in [0.05, 0.1) is 17.9 Å². The Hall–Kier alpha value is -2.69. The number of nitrogens with zero attached hydrogens (tertiary/aromatic N) is 1. The van der Waals surface area contributed by atoms with Gasteiger partial charge in [0.15, 0.2) is 0 Å². The molecule has 1 aromatic heterocycles. The van der Waals surface area contributed by atoms with E-state index in [9.17, 15) is 9.59 Å². The molecular formula is C19H23N3O2. The van der Waals surface area contributed by atoms with Crippen LogP contribution in [-0.2, 0) is 16.0 Å². The first-order chi connectivity index (χ1) is 11.5. The quantitative estimate of drug-likeness (QED) is 0.830. The Morgan fingerprint density at radius 3 is 2.33 bits per heavy atom. The zero-order valence-corrected chi connectivity index (χ0v) is 14.2. The topological polar surface area (TPSA) is 71.1 Å². The van der Waals surface area contributed by atoms with Crippen LogP contribution in [0, 0.1) is 5.92 Å². The van der Waals surface area contributed by atoms with E-state index in [2.05, 4.69) is 22.5 Å². The molecule has 2 aromatic rings. The van der Waals surface area contributed by atoms with Crippen molar-refractivity contribution in [3.63, 3.8) is 0 Å². The monoisotopic (exact) mass is 325 g/mol. The maximum atomic E-state index is 12.2. The number of amides is 2. The number of carbonyl (C=O) groups is 2. The minimum absolute atomic E-state index is 0.160. The Balaban J connectivity index is 2.06. The van der Waals surface area contributed by atoms with E-state index in [0.29, 0.717) is 5.69 Å². The van der Waals surface area contributed by atoms with Crippen molar-refractivity contribution in [2.24, 2.45) is 5.92 Å². The van der Waals surface area contributed by atoms with Crippen molar-refractivity contribution in [2.75, 3.05) is 5.32 Å². The van der Waals surface area contributed by atoms with E-state index < -0.39 is 11.8 Å². The summed E-state index contributed by atoms with van der Waals surface area (Å²) in [5.74, 6) is -1.19. The summed E-state index contributed by atoms with van der Waals surface area (Å²) in [7, 11) is 0. The van der Waals surface area contributed by atoms with Crippen molar-refractivity contribution in [3.8, 4) is 0 Å². The molecule has 5 heteroatoms. The minimum Gasteiger partial charge on any atom is -0.341 e. The van der Waals surface area contributed by atoms with Crippen LogP contribution in [0.3, 0.4) is 0 Å². The lowest BCUT2D eigenvalue weighted by atomic mass is 9.95. The second kappa shape index (κ2) is 8.24. The third-order valence-electron chi connectivity index (χ3n) is 3.83. The minimum atomic E-state index is -0.696. The van der Waals surface area contributed by atoms with Gasteiger partial charge in [-0.15, -0.1) is 0 Å². The molecule has 1 aromatic carbocycles. The Bertz CT molecular complexity index is 682. The number of nitrogens with one attached hydrogen (secondary N) is 2. The van der Waals surface area contributed by atoms with Crippen LogP contribution in [-0.4, -0.2) is 16.8 Å². The van der Waals surface area contributed by atoms with Gasteiger partial charge in [-0.05, 0) is 35.6 Å². The molecule has 2 rings (SSSR count). The van der Waals surface area contributed by atoms with Gasteiger partial charge >= 0.3 is 11.8 Å². The van der Waals surface area contributed by atoms with Crippen molar-refractivity contribution in [2.45, 2.75) is 33.2 Å². The highest BCUT2D eigenvalue weighted by atomic mass is 16.2. The molecule has 126 valence electrons. The number of anilines is 1. The lowest BCUT2D eigenvalue weighted by Gasteiger charge is -2.23. The Labute approximate surface area is 142 Å². The Kier molecular flexibility index (Phi) is 6.07. The predicted molar refractivity (Wildman–Crippen MR) is 94.4 cm³/mol. The molecule has 0 saturated carbocycles. The van der Waals surface area contributed by atoms with Crippen LogP contribution in [0.15, 0.2) is 48.8 Å². The first-order valence-electron chi connectivity index (χ1n) is 8.12. The molecule has 2 amide bonds. The van der Waals surface area contributed by atoms with Gasteiger partial charge < -0.3 is 10.6 Å². The average molecular weight is 325 g/mol. The van der Waals surface area contributed by atoms with Crippen LogP contribution < -0.4 is 10.6 Å². The lowest BCUT2D eigenvalue weighted by Crippen LogP contribution is -2.39. The average Bonchev–Trinajstić information content (AvgIpc) is 2.60. The van der Waals surface area contributed by atoms with Crippen molar-refractivity contribution < 1.29 is 9.59 Å². The second-order valence-corrected chi connectivity index (χ2v) is 5.99. The van der Waals surface area contributed by atoms with Crippen LogP contribution in [0.4, 0.5) is 5.69 Å². The van der Waals surface area contributed by atoms with Crippen molar-refractivity contribution >= 4 is 17.5 Å². The standard InChI is InChI=1S/C19H23N3O2/c1-4-14-7-9-15(10-8-14)17(13(2)3)22-19(24)18(23)21-16-6-5-11-20-12-16/h5-13,17H,4H2,1-3H3,(H,21,23)(H,22,24)/t17-/m0/s1. The van der Waals surface area contributed by atoms with Crippen molar-refractivity contribution in [1.29, 1.82) is 0 Å². The summed E-state index contributed by atoms with van der Waals surface area (Å²) in [5.41, 5.74) is 2.72. The third-order valence-corrected chi connectivity index (χ3v) is 3.83. The van der Waals surface area contributed by atoms with E-state index in [0.717, 1.165) is 12.0 Å². The fourth-order valence-electron chi connectivity index (χ4n) is 2.43. The molecule has 24 heavy (non-hydrogen) atoms. The zero-order valence-electron chi connectivity index (χ0n) is 14.2. The summed E-state index contributed by atoms with van der Waals surface area (Å²) in [6.45, 7) is 6.12. The maximum absolute atomic E-state index is 12.2. The SMILES string of the molecule is CCc1ccc([C@@H](NC(=O)C(=O)Nc2cccnc2)C(C)C)cc1. The number of aryl methyl sites for hydroxylation is 1. The lowest BCUT2D eigenvalue weighted by molar-refractivity contribution is -0.136. The summed E-state index contributed by atoms with van der Waals surface area (Å²) in [6.07, 6.45) is 4.06. The Morgan fingerprint density at radius 2 is 1.79 bits per heavy atom. The summed E-state index contributed by atoms with van der Waals surface area (Å²) >= 11 is 0. The molecule has 2 N–H and O–H groups in total. The number of pyridine rings is 1. The number of aromatic nitrogens is 1. The molecule has 0 aliphatic rings. The van der Waals surface area contributed by atoms with Gasteiger partial charge in [-0.25, -0.2) is 0 Å². The van der Waals surface area contributed by atoms with Gasteiger partial charge in [0.25, 0.3) is 0 Å². The van der Waals surface area contributed by atoms with E-state index in [1.54, 1.807) is 18.3 Å². The zero-order chi connectivity index (χ0) is 17.5. The largest absolute Gasteiger partial charge is 0.341 e. The molecule has 0 spiro atoms. The first kappa shape index (κ1) is 17.7. The molecule has 5 nitrogen and oxygen atoms in total. The Morgan fingerprint density at radius 1 is 1.08 bits per heavy atom. The van der Waals surface area contributed by atoms with Gasteiger partial charge in [0.2, 0.25) is 0 Å². The van der Waals surface area contributed by atoms with E-state index in [-0.39, 0.29) is 12.0 Å². The fourth-order valence-corrected chi connectivity index (χ4v) is 2.43. The van der Waals surface area contributed by atoms with E-state index in [1.807, 2.05) is 38.1 Å². The number of benzene rings is 1. The molecule has 1 heterocycles. The number of hydrogen-bond donors (Lipinski definition) is 2. The summed E-state index contributed by atoms with van der Waals surface area (Å²) in [5, 5.41) is 5.36. The molecule has 0 fully saturated rings. The van der Waals surface area contributed by atoms with Gasteiger partial charge in [-0.2, -0.15) is 0 Å². The molecule has 0 saturated heterocycles. The smallest absolute Gasteiger partial charge is 0.313 e. The molecular weight excluding hydrogens is 302 g/mol. The number of hydrogen-bond acceptors (Lipinski definition) is 3. The van der Waals surface area contributed by atoms with Crippen LogP contribution in [0.1, 0.15) is 37.9 Å². The van der Waals surface area contributed by atoms with Crippen LogP contribution in [0.25, 0.3) is 0 Å². The molecule has 0 bridgehead atoms. The first-order valence-corrected chi connectivity index (χ1v) is 8.12. The van der Waals surface area contributed by atoms with Crippen molar-refractivity contribution in [3.05, 3.63) is 59.9 Å². The van der Waals surface area contributed by atoms with Gasteiger partial charge in [-0.1, -0.05) is 45.0 Å². The third kappa shape index (κ3) is 4.65. The normalized spacial score (nSPS) is 11.8. The predicted octanol–water partition coefficient (Wildman–Crippen LogP) is 3.10. The van der Waals surface area contributed by atoms with E-state index >= 15 is 0 Å². The highest BCUT2D eigenvalue weighted by Crippen LogP contribution is 2.22. The van der Waals surface area contributed by atoms with Crippen LogP contribution in [0.5, 0.6) is 0 Å². The summed E-state index contributed by atoms with van der Waals surface area (Å²) in [6, 6.07) is 11.3. The summed E-state index contributed by atoms with van der Waals surface area (Å²) in [4.78, 5) is 28.2. The van der Waals surface area contributed by atoms with Crippen LogP contribution >= 0.6 is 0 Å². The van der Waals surface area contributed by atoms with Crippen LogP contribution in [0.2, 0.25) is 0 Å². The van der Waals surface area contributed by atoms with Gasteiger partial charge in [-0.3, -0.25) is 14.6 Å². The molecule has 0 unspecified atom stereocenters. The van der Waals surface area contributed by atoms with Crippen molar-refractivity contribution in [1.82, 2.24) is 10.3 Å². The molecule has 0 aliphatic heterocycles. The van der Waals surface area contributed by atoms with Gasteiger partial charge in [0, 0.05) is 6.20 Å².